The molecule has 2 aromatic carbocycles. The zero-order chi connectivity index (χ0) is 22.7. The largest absolute Gasteiger partial charge is 0.416 e. The maximum Gasteiger partial charge on any atom is 0.416 e. The second-order valence-corrected chi connectivity index (χ2v) is 8.50. The first-order chi connectivity index (χ1) is 15.3. The summed E-state index contributed by atoms with van der Waals surface area (Å²) >= 11 is 0. The van der Waals surface area contributed by atoms with Crippen LogP contribution >= 0.6 is 0 Å². The second-order valence-electron chi connectivity index (χ2n) is 8.50. The lowest BCUT2D eigenvalue weighted by atomic mass is 10.0. The molecule has 2 aliphatic rings. The molecular weight excluding hydrogens is 419 g/mol. The van der Waals surface area contributed by atoms with Crippen molar-refractivity contribution in [1.29, 1.82) is 0 Å². The molecule has 32 heavy (non-hydrogen) atoms. The first-order valence-corrected chi connectivity index (χ1v) is 10.8. The van der Waals surface area contributed by atoms with Crippen molar-refractivity contribution in [1.82, 2.24) is 10.2 Å². The highest BCUT2D eigenvalue weighted by atomic mass is 19.4. The van der Waals surface area contributed by atoms with Crippen LogP contribution in [0.1, 0.15) is 30.4 Å². The normalized spacial score (nSPS) is 20.5. The minimum atomic E-state index is -4.48. The van der Waals surface area contributed by atoms with E-state index in [0.717, 1.165) is 44.6 Å². The zero-order valence-corrected chi connectivity index (χ0v) is 17.6. The lowest BCUT2D eigenvalue weighted by Gasteiger charge is -2.32. The molecule has 1 N–H and O–H groups in total. The Hall–Kier alpha value is -2.87. The van der Waals surface area contributed by atoms with Crippen molar-refractivity contribution in [3.05, 3.63) is 65.7 Å². The van der Waals surface area contributed by atoms with Gasteiger partial charge in [0.1, 0.15) is 0 Å². The lowest BCUT2D eigenvalue weighted by molar-refractivity contribution is -0.137. The fourth-order valence-corrected chi connectivity index (χ4v) is 4.38. The van der Waals surface area contributed by atoms with Gasteiger partial charge in [-0.05, 0) is 36.6 Å². The molecule has 0 aliphatic carbocycles. The molecule has 0 radical (unpaired) electrons. The molecule has 2 heterocycles. The van der Waals surface area contributed by atoms with Gasteiger partial charge in [0.25, 0.3) is 0 Å². The highest BCUT2D eigenvalue weighted by Crippen LogP contribution is 2.33. The van der Waals surface area contributed by atoms with E-state index in [0.29, 0.717) is 0 Å². The van der Waals surface area contributed by atoms with Crippen molar-refractivity contribution in [3.8, 4) is 0 Å². The molecular formula is C24H26F3N3O2. The summed E-state index contributed by atoms with van der Waals surface area (Å²) in [5.41, 5.74) is 0.626. The number of anilines is 1. The summed E-state index contributed by atoms with van der Waals surface area (Å²) in [6.45, 7) is 2.73. The van der Waals surface area contributed by atoms with Crippen LogP contribution in [0.2, 0.25) is 0 Å². The van der Waals surface area contributed by atoms with E-state index in [9.17, 15) is 22.8 Å². The number of hydrogen-bond donors (Lipinski definition) is 1. The number of hydrogen-bond acceptors (Lipinski definition) is 3. The number of halogens is 3. The van der Waals surface area contributed by atoms with Crippen LogP contribution in [0.3, 0.4) is 0 Å². The fourth-order valence-electron chi connectivity index (χ4n) is 4.38. The van der Waals surface area contributed by atoms with E-state index in [1.165, 1.54) is 22.6 Å². The smallest absolute Gasteiger partial charge is 0.353 e. The van der Waals surface area contributed by atoms with Gasteiger partial charge < -0.3 is 10.2 Å². The third-order valence-corrected chi connectivity index (χ3v) is 6.16. The van der Waals surface area contributed by atoms with Gasteiger partial charge in [-0.15, -0.1) is 0 Å². The van der Waals surface area contributed by atoms with Gasteiger partial charge in [-0.3, -0.25) is 14.5 Å². The third kappa shape index (κ3) is 5.30. The van der Waals surface area contributed by atoms with Crippen LogP contribution < -0.4 is 10.2 Å². The molecule has 2 fully saturated rings. The quantitative estimate of drug-likeness (QED) is 0.761. The Balaban J connectivity index is 1.29. The van der Waals surface area contributed by atoms with E-state index >= 15 is 0 Å². The Morgan fingerprint density at radius 3 is 2.44 bits per heavy atom. The van der Waals surface area contributed by atoms with Gasteiger partial charge in [-0.1, -0.05) is 36.4 Å². The molecule has 0 unspecified atom stereocenters. The summed E-state index contributed by atoms with van der Waals surface area (Å²) in [6, 6.07) is 15.0. The second kappa shape index (κ2) is 9.32. The minimum absolute atomic E-state index is 0.00886. The van der Waals surface area contributed by atoms with Crippen molar-refractivity contribution in [2.24, 2.45) is 5.92 Å². The Morgan fingerprint density at radius 1 is 1.03 bits per heavy atom. The predicted molar refractivity (Wildman–Crippen MR) is 115 cm³/mol. The third-order valence-electron chi connectivity index (χ3n) is 6.16. The van der Waals surface area contributed by atoms with Crippen LogP contribution in [0.15, 0.2) is 54.6 Å². The van der Waals surface area contributed by atoms with Crippen LogP contribution in [0.25, 0.3) is 0 Å². The molecule has 4 rings (SSSR count). The number of amides is 2. The molecule has 1 atom stereocenters. The van der Waals surface area contributed by atoms with Crippen LogP contribution in [-0.4, -0.2) is 42.4 Å². The first-order valence-electron chi connectivity index (χ1n) is 10.8. The van der Waals surface area contributed by atoms with Crippen LogP contribution in [0, 0.1) is 5.92 Å². The number of carbonyl (C=O) groups excluding carboxylic acids is 2. The van der Waals surface area contributed by atoms with E-state index in [-0.39, 0.29) is 36.5 Å². The molecule has 8 heteroatoms. The van der Waals surface area contributed by atoms with E-state index in [4.69, 9.17) is 0 Å². The highest BCUT2D eigenvalue weighted by molar-refractivity contribution is 6.00. The summed E-state index contributed by atoms with van der Waals surface area (Å²) in [7, 11) is 0. The van der Waals surface area contributed by atoms with Crippen LogP contribution in [0.5, 0.6) is 0 Å². The van der Waals surface area contributed by atoms with Gasteiger partial charge >= 0.3 is 6.18 Å². The molecule has 170 valence electrons. The van der Waals surface area contributed by atoms with Gasteiger partial charge in [0, 0.05) is 44.3 Å². The molecule has 0 saturated carbocycles. The number of carbonyl (C=O) groups is 2. The average molecular weight is 445 g/mol. The number of piperidine rings is 1. The monoisotopic (exact) mass is 445 g/mol. The van der Waals surface area contributed by atoms with Gasteiger partial charge in [-0.25, -0.2) is 0 Å². The number of nitrogens with zero attached hydrogens (tertiary/aromatic N) is 2. The van der Waals surface area contributed by atoms with Crippen LogP contribution in [0.4, 0.5) is 18.9 Å². The molecule has 0 aromatic heterocycles. The van der Waals surface area contributed by atoms with Crippen molar-refractivity contribution >= 4 is 17.5 Å². The van der Waals surface area contributed by atoms with Crippen molar-refractivity contribution in [2.45, 2.75) is 38.0 Å². The molecule has 0 bridgehead atoms. The van der Waals surface area contributed by atoms with Crippen molar-refractivity contribution in [2.75, 3.05) is 24.5 Å². The van der Waals surface area contributed by atoms with E-state index in [2.05, 4.69) is 22.3 Å². The van der Waals surface area contributed by atoms with Gasteiger partial charge in [0.2, 0.25) is 11.8 Å². The molecule has 2 saturated heterocycles. The zero-order valence-electron chi connectivity index (χ0n) is 17.6. The Labute approximate surface area is 185 Å². The number of alkyl halides is 3. The van der Waals surface area contributed by atoms with Crippen LogP contribution in [-0.2, 0) is 22.3 Å². The standard InChI is InChI=1S/C24H26F3N3O2/c25-24(26,27)19-7-4-8-21(14-19)30-16-18(13-22(30)31)23(32)28-20-9-11-29(12-10-20)15-17-5-2-1-3-6-17/h1-8,14,18,20H,9-13,15-16H2,(H,28,32)/t18-/m1/s1. The molecule has 0 spiro atoms. The number of rotatable bonds is 5. The Morgan fingerprint density at radius 2 is 1.75 bits per heavy atom. The van der Waals surface area contributed by atoms with Gasteiger partial charge in [-0.2, -0.15) is 13.2 Å². The van der Waals surface area contributed by atoms with Crippen molar-refractivity contribution < 1.29 is 22.8 Å². The molecule has 2 aliphatic heterocycles. The average Bonchev–Trinajstić information content (AvgIpc) is 3.17. The van der Waals surface area contributed by atoms with E-state index in [1.807, 2.05) is 18.2 Å². The summed E-state index contributed by atoms with van der Waals surface area (Å²) in [4.78, 5) is 28.8. The summed E-state index contributed by atoms with van der Waals surface area (Å²) in [6.07, 6.45) is -2.81. The van der Waals surface area contributed by atoms with Gasteiger partial charge in [0.15, 0.2) is 0 Å². The molecule has 2 aromatic rings. The maximum atomic E-state index is 13.0. The number of likely N-dealkylation sites (tertiary alicyclic amines) is 1. The van der Waals surface area contributed by atoms with Gasteiger partial charge in [0.05, 0.1) is 11.5 Å². The molecule has 5 nitrogen and oxygen atoms in total. The van der Waals surface area contributed by atoms with Crippen molar-refractivity contribution in [3.63, 3.8) is 0 Å². The fraction of sp³-hybridized carbons (Fsp3) is 0.417. The highest BCUT2D eigenvalue weighted by Gasteiger charge is 2.37. The maximum absolute atomic E-state index is 13.0. The summed E-state index contributed by atoms with van der Waals surface area (Å²) < 4.78 is 39.0. The minimum Gasteiger partial charge on any atom is -0.353 e. The number of benzene rings is 2. The lowest BCUT2D eigenvalue weighted by Crippen LogP contribution is -2.46. The summed E-state index contributed by atoms with van der Waals surface area (Å²) in [5.74, 6) is -1.09. The Kier molecular flexibility index (Phi) is 6.50. The Bertz CT molecular complexity index is 956. The van der Waals surface area contributed by atoms with E-state index < -0.39 is 17.7 Å². The summed E-state index contributed by atoms with van der Waals surface area (Å²) in [5, 5.41) is 3.05. The predicted octanol–water partition coefficient (Wildman–Crippen LogP) is 3.84. The van der Waals surface area contributed by atoms with E-state index in [1.54, 1.807) is 0 Å². The number of nitrogens with one attached hydrogen (secondary N) is 1. The topological polar surface area (TPSA) is 52.7 Å². The molecule has 2 amide bonds. The first kappa shape index (κ1) is 22.3. The SMILES string of the molecule is O=C(NC1CCN(Cc2ccccc2)CC1)[C@@H]1CC(=O)N(c2cccc(C(F)(F)F)c2)C1.